The van der Waals surface area contributed by atoms with Gasteiger partial charge in [-0.2, -0.15) is 0 Å². The number of pyridine rings is 1. The number of hydrogen-bond donors (Lipinski definition) is 2. The van der Waals surface area contributed by atoms with Gasteiger partial charge in [0.2, 0.25) is 0 Å². The minimum atomic E-state index is 0.525. The van der Waals surface area contributed by atoms with E-state index in [9.17, 15) is 0 Å². The lowest BCUT2D eigenvalue weighted by Gasteiger charge is -2.11. The van der Waals surface area contributed by atoms with Crippen LogP contribution in [0.2, 0.25) is 10.0 Å². The van der Waals surface area contributed by atoms with Gasteiger partial charge in [-0.1, -0.05) is 23.2 Å². The highest BCUT2D eigenvalue weighted by molar-refractivity contribution is 9.10. The molecule has 2 aromatic rings. The smallest absolute Gasteiger partial charge is 0.153 e. The molecule has 0 saturated carbocycles. The fourth-order valence-electron chi connectivity index (χ4n) is 1.43. The minimum Gasteiger partial charge on any atom is -0.396 e. The Labute approximate surface area is 123 Å². The van der Waals surface area contributed by atoms with Crippen molar-refractivity contribution < 1.29 is 0 Å². The summed E-state index contributed by atoms with van der Waals surface area (Å²) in [5.74, 6) is 0.542. The first-order valence-electron chi connectivity index (χ1n) is 5.11. The second-order valence-electron chi connectivity index (χ2n) is 3.80. The average molecular weight is 347 g/mol. The molecule has 0 spiro atoms. The van der Waals surface area contributed by atoms with Crippen molar-refractivity contribution in [3.8, 4) is 0 Å². The van der Waals surface area contributed by atoms with Gasteiger partial charge in [0.25, 0.3) is 0 Å². The summed E-state index contributed by atoms with van der Waals surface area (Å²) in [6.45, 7) is 1.89. The predicted molar refractivity (Wildman–Crippen MR) is 80.8 cm³/mol. The fourth-order valence-corrected chi connectivity index (χ4v) is 2.21. The van der Waals surface area contributed by atoms with E-state index in [1.54, 1.807) is 24.4 Å². The van der Waals surface area contributed by atoms with E-state index in [0.717, 1.165) is 10.0 Å². The van der Waals surface area contributed by atoms with E-state index >= 15 is 0 Å². The lowest BCUT2D eigenvalue weighted by Crippen LogP contribution is -1.99. The largest absolute Gasteiger partial charge is 0.396 e. The third-order valence-corrected chi connectivity index (χ3v) is 3.54. The molecule has 0 atom stereocenters. The second kappa shape index (κ2) is 5.34. The number of aryl methyl sites for hydroxylation is 1. The summed E-state index contributed by atoms with van der Waals surface area (Å²) in [6.07, 6.45) is 1.66. The van der Waals surface area contributed by atoms with Gasteiger partial charge in [-0.05, 0) is 46.6 Å². The van der Waals surface area contributed by atoms with Crippen molar-refractivity contribution in [1.82, 2.24) is 4.98 Å². The molecule has 18 heavy (non-hydrogen) atoms. The Bertz CT molecular complexity index is 602. The maximum Gasteiger partial charge on any atom is 0.153 e. The molecule has 94 valence electrons. The quantitative estimate of drug-likeness (QED) is 0.822. The lowest BCUT2D eigenvalue weighted by molar-refractivity contribution is 1.29. The van der Waals surface area contributed by atoms with Crippen LogP contribution < -0.4 is 11.1 Å². The van der Waals surface area contributed by atoms with Gasteiger partial charge in [0.05, 0.1) is 16.4 Å². The molecule has 3 N–H and O–H groups in total. The molecule has 0 bridgehead atoms. The highest BCUT2D eigenvalue weighted by atomic mass is 79.9. The zero-order valence-corrected chi connectivity index (χ0v) is 12.6. The van der Waals surface area contributed by atoms with Gasteiger partial charge in [0.15, 0.2) is 5.82 Å². The first-order valence-corrected chi connectivity index (χ1v) is 6.66. The predicted octanol–water partition coefficient (Wildman–Crippen LogP) is 4.79. The van der Waals surface area contributed by atoms with E-state index in [1.807, 2.05) is 6.92 Å². The zero-order chi connectivity index (χ0) is 13.3. The van der Waals surface area contributed by atoms with Crippen LogP contribution in [-0.2, 0) is 0 Å². The van der Waals surface area contributed by atoms with Crippen LogP contribution in [0, 0.1) is 6.92 Å². The van der Waals surface area contributed by atoms with Crippen molar-refractivity contribution in [2.45, 2.75) is 6.92 Å². The number of hydrogen-bond acceptors (Lipinski definition) is 3. The van der Waals surface area contributed by atoms with Gasteiger partial charge < -0.3 is 11.1 Å². The third kappa shape index (κ3) is 2.88. The fraction of sp³-hybridized carbons (Fsp3) is 0.0833. The molecule has 0 amide bonds. The molecule has 1 aromatic heterocycles. The van der Waals surface area contributed by atoms with Crippen LogP contribution in [0.5, 0.6) is 0 Å². The summed E-state index contributed by atoms with van der Waals surface area (Å²) >= 11 is 15.5. The van der Waals surface area contributed by atoms with Crippen molar-refractivity contribution in [1.29, 1.82) is 0 Å². The number of nitrogens with zero attached hydrogens (tertiary/aromatic N) is 1. The monoisotopic (exact) mass is 345 g/mol. The molecule has 0 fully saturated rings. The standard InChI is InChI=1S/C12H10BrCl2N3/c1-6-2-9(15)11(4-8(6)14)18-12-10(16)3-7(13)5-17-12/h2-5H,16H2,1H3,(H,17,18). The second-order valence-corrected chi connectivity index (χ2v) is 5.53. The molecule has 1 aromatic carbocycles. The molecule has 0 aliphatic carbocycles. The Morgan fingerprint density at radius 3 is 2.61 bits per heavy atom. The number of halogens is 3. The molecule has 2 rings (SSSR count). The van der Waals surface area contributed by atoms with E-state index in [-0.39, 0.29) is 0 Å². The van der Waals surface area contributed by atoms with E-state index in [1.165, 1.54) is 0 Å². The Kier molecular flexibility index (Phi) is 4.00. The summed E-state index contributed by atoms with van der Waals surface area (Å²) in [5.41, 5.74) is 7.98. The maximum atomic E-state index is 6.14. The number of nitrogens with two attached hydrogens (primary N) is 1. The highest BCUT2D eigenvalue weighted by Crippen LogP contribution is 2.32. The van der Waals surface area contributed by atoms with Crippen molar-refractivity contribution in [3.05, 3.63) is 44.5 Å². The SMILES string of the molecule is Cc1cc(Cl)c(Nc2ncc(Br)cc2N)cc1Cl. The van der Waals surface area contributed by atoms with Crippen molar-refractivity contribution in [3.63, 3.8) is 0 Å². The van der Waals surface area contributed by atoms with E-state index < -0.39 is 0 Å². The van der Waals surface area contributed by atoms with Gasteiger partial charge in [-0.3, -0.25) is 0 Å². The van der Waals surface area contributed by atoms with Gasteiger partial charge in [-0.25, -0.2) is 4.98 Å². The molecule has 6 heteroatoms. The molecule has 0 radical (unpaired) electrons. The molecule has 1 heterocycles. The number of anilines is 3. The summed E-state index contributed by atoms with van der Waals surface area (Å²) in [7, 11) is 0. The van der Waals surface area contributed by atoms with Gasteiger partial charge in [0.1, 0.15) is 0 Å². The van der Waals surface area contributed by atoms with Gasteiger partial charge >= 0.3 is 0 Å². The van der Waals surface area contributed by atoms with Crippen molar-refractivity contribution >= 4 is 56.3 Å². The van der Waals surface area contributed by atoms with Crippen LogP contribution in [0.25, 0.3) is 0 Å². The topological polar surface area (TPSA) is 50.9 Å². The Hall–Kier alpha value is -0.970. The number of nitrogens with one attached hydrogen (secondary N) is 1. The highest BCUT2D eigenvalue weighted by Gasteiger charge is 2.08. The van der Waals surface area contributed by atoms with Crippen LogP contribution in [0.3, 0.4) is 0 Å². The van der Waals surface area contributed by atoms with Crippen molar-refractivity contribution in [2.75, 3.05) is 11.1 Å². The molecule has 0 saturated heterocycles. The summed E-state index contributed by atoms with van der Waals surface area (Å²) in [6, 6.07) is 5.31. The van der Waals surface area contributed by atoms with E-state index in [4.69, 9.17) is 28.9 Å². The first kappa shape index (κ1) is 13.5. The van der Waals surface area contributed by atoms with Crippen LogP contribution in [0.15, 0.2) is 28.9 Å². The normalized spacial score (nSPS) is 10.4. The van der Waals surface area contributed by atoms with Crippen molar-refractivity contribution in [2.24, 2.45) is 0 Å². The number of nitrogen functional groups attached to an aromatic ring is 1. The molecule has 3 nitrogen and oxygen atoms in total. The lowest BCUT2D eigenvalue weighted by atomic mass is 10.2. The summed E-state index contributed by atoms with van der Waals surface area (Å²) < 4.78 is 0.818. The Morgan fingerprint density at radius 2 is 1.94 bits per heavy atom. The molecule has 0 aliphatic heterocycles. The third-order valence-electron chi connectivity index (χ3n) is 2.39. The first-order chi connectivity index (χ1) is 8.47. The minimum absolute atomic E-state index is 0.525. The number of aromatic nitrogens is 1. The average Bonchev–Trinajstić information content (AvgIpc) is 2.29. The van der Waals surface area contributed by atoms with E-state index in [2.05, 4.69) is 26.2 Å². The van der Waals surface area contributed by atoms with E-state index in [0.29, 0.717) is 27.2 Å². The van der Waals surface area contributed by atoms with Gasteiger partial charge in [0, 0.05) is 15.7 Å². The molecule has 0 unspecified atom stereocenters. The molecule has 0 aliphatic rings. The van der Waals surface area contributed by atoms with Gasteiger partial charge in [-0.15, -0.1) is 0 Å². The summed E-state index contributed by atoms with van der Waals surface area (Å²) in [5, 5.41) is 4.27. The molecular formula is C12H10BrCl2N3. The van der Waals surface area contributed by atoms with Crippen LogP contribution in [-0.4, -0.2) is 4.98 Å². The zero-order valence-electron chi connectivity index (χ0n) is 9.47. The number of rotatable bonds is 2. The van der Waals surface area contributed by atoms with Crippen LogP contribution in [0.1, 0.15) is 5.56 Å². The molecular weight excluding hydrogens is 337 g/mol. The Morgan fingerprint density at radius 1 is 1.22 bits per heavy atom. The Balaban J connectivity index is 2.37. The summed E-state index contributed by atoms with van der Waals surface area (Å²) in [4.78, 5) is 4.18. The number of benzene rings is 1. The maximum absolute atomic E-state index is 6.14. The van der Waals surface area contributed by atoms with Crippen LogP contribution in [0.4, 0.5) is 17.2 Å². The van der Waals surface area contributed by atoms with Crippen LogP contribution >= 0.6 is 39.1 Å².